The molecule has 6 nitrogen and oxygen atoms in total. The average molecular weight is 484 g/mol. The van der Waals surface area contributed by atoms with Crippen LogP contribution in [0.3, 0.4) is 0 Å². The molecule has 0 aromatic heterocycles. The van der Waals surface area contributed by atoms with Crippen LogP contribution in [0.2, 0.25) is 0 Å². The minimum Gasteiger partial charge on any atom is -0.462 e. The SMILES string of the molecule is CCOC(=O)c1ccc2c(c1)NC(=O)/C2=C(\Nc1ccc(CN(CC)C(C)C)cc1)c1ccccc1. The molecule has 0 saturated heterocycles. The normalized spacial score (nSPS) is 14.0. The summed E-state index contributed by atoms with van der Waals surface area (Å²) in [5, 5.41) is 6.42. The highest BCUT2D eigenvalue weighted by Crippen LogP contribution is 2.38. The van der Waals surface area contributed by atoms with Crippen molar-refractivity contribution in [3.05, 3.63) is 95.1 Å². The van der Waals surface area contributed by atoms with E-state index in [9.17, 15) is 9.59 Å². The number of benzene rings is 3. The van der Waals surface area contributed by atoms with Gasteiger partial charge in [-0.1, -0.05) is 55.5 Å². The standard InChI is InChI=1S/C30H33N3O3/c1-5-33(20(3)4)19-21-12-15-24(16-13-21)31-28(22-10-8-7-9-11-22)27-25-17-14-23(30(35)36-6-2)18-26(25)32-29(27)34/h7-18,20,31H,5-6,19H2,1-4H3,(H,32,34)/b28-27-. The van der Waals surface area contributed by atoms with E-state index in [0.29, 0.717) is 35.2 Å². The van der Waals surface area contributed by atoms with Gasteiger partial charge in [0.15, 0.2) is 0 Å². The smallest absolute Gasteiger partial charge is 0.338 e. The largest absolute Gasteiger partial charge is 0.462 e. The Hall–Kier alpha value is -3.90. The Morgan fingerprint density at radius 3 is 2.33 bits per heavy atom. The van der Waals surface area contributed by atoms with Gasteiger partial charge < -0.3 is 15.4 Å². The molecule has 0 atom stereocenters. The van der Waals surface area contributed by atoms with Gasteiger partial charge in [-0.15, -0.1) is 0 Å². The summed E-state index contributed by atoms with van der Waals surface area (Å²) >= 11 is 0. The van der Waals surface area contributed by atoms with E-state index in [1.807, 2.05) is 42.5 Å². The third-order valence-corrected chi connectivity index (χ3v) is 6.33. The van der Waals surface area contributed by atoms with Crippen molar-refractivity contribution in [2.24, 2.45) is 0 Å². The number of hydrogen-bond acceptors (Lipinski definition) is 5. The van der Waals surface area contributed by atoms with Crippen LogP contribution in [0.15, 0.2) is 72.8 Å². The van der Waals surface area contributed by atoms with Crippen LogP contribution < -0.4 is 10.6 Å². The van der Waals surface area contributed by atoms with Gasteiger partial charge in [-0.2, -0.15) is 0 Å². The molecule has 186 valence electrons. The summed E-state index contributed by atoms with van der Waals surface area (Å²) in [6, 6.07) is 23.8. The van der Waals surface area contributed by atoms with Gasteiger partial charge >= 0.3 is 5.97 Å². The van der Waals surface area contributed by atoms with Crippen molar-refractivity contribution in [1.82, 2.24) is 4.90 Å². The van der Waals surface area contributed by atoms with Crippen LogP contribution in [0.25, 0.3) is 11.3 Å². The van der Waals surface area contributed by atoms with Gasteiger partial charge in [-0.25, -0.2) is 4.79 Å². The quantitative estimate of drug-likeness (QED) is 0.287. The van der Waals surface area contributed by atoms with Gasteiger partial charge in [0, 0.05) is 23.8 Å². The van der Waals surface area contributed by atoms with Crippen LogP contribution in [-0.2, 0) is 16.1 Å². The average Bonchev–Trinajstić information content (AvgIpc) is 3.21. The Kier molecular flexibility index (Phi) is 7.86. The zero-order valence-electron chi connectivity index (χ0n) is 21.3. The molecule has 1 amide bonds. The second-order valence-electron chi connectivity index (χ2n) is 9.03. The van der Waals surface area contributed by atoms with Crippen molar-refractivity contribution in [2.75, 3.05) is 23.8 Å². The summed E-state index contributed by atoms with van der Waals surface area (Å²) in [7, 11) is 0. The molecule has 0 saturated carbocycles. The second-order valence-corrected chi connectivity index (χ2v) is 9.03. The highest BCUT2D eigenvalue weighted by molar-refractivity contribution is 6.37. The van der Waals surface area contributed by atoms with E-state index in [1.165, 1.54) is 5.56 Å². The number of nitrogens with one attached hydrogen (secondary N) is 2. The van der Waals surface area contributed by atoms with E-state index in [-0.39, 0.29) is 5.91 Å². The van der Waals surface area contributed by atoms with Crippen molar-refractivity contribution in [2.45, 2.75) is 40.3 Å². The van der Waals surface area contributed by atoms with E-state index in [2.05, 4.69) is 48.4 Å². The van der Waals surface area contributed by atoms with Gasteiger partial charge in [0.1, 0.15) is 0 Å². The number of ether oxygens (including phenoxy) is 1. The number of nitrogens with zero attached hydrogens (tertiary/aromatic N) is 1. The molecule has 0 aliphatic carbocycles. The molecule has 2 N–H and O–H groups in total. The van der Waals surface area contributed by atoms with Gasteiger partial charge in [-0.05, 0) is 62.7 Å². The van der Waals surface area contributed by atoms with Crippen molar-refractivity contribution >= 4 is 34.5 Å². The first-order valence-corrected chi connectivity index (χ1v) is 12.4. The third-order valence-electron chi connectivity index (χ3n) is 6.33. The lowest BCUT2D eigenvalue weighted by Gasteiger charge is -2.24. The zero-order valence-corrected chi connectivity index (χ0v) is 21.3. The lowest BCUT2D eigenvalue weighted by atomic mass is 9.99. The maximum atomic E-state index is 13.2. The summed E-state index contributed by atoms with van der Waals surface area (Å²) in [5.41, 5.74) is 6.01. The second kappa shape index (κ2) is 11.2. The number of carbonyl (C=O) groups excluding carboxylic acids is 2. The Morgan fingerprint density at radius 1 is 0.972 bits per heavy atom. The number of amides is 1. The lowest BCUT2D eigenvalue weighted by molar-refractivity contribution is -0.110. The molecule has 3 aromatic carbocycles. The van der Waals surface area contributed by atoms with Crippen molar-refractivity contribution < 1.29 is 14.3 Å². The summed E-state index contributed by atoms with van der Waals surface area (Å²) in [6.45, 7) is 10.5. The maximum absolute atomic E-state index is 13.2. The van der Waals surface area contributed by atoms with Crippen LogP contribution in [0, 0.1) is 0 Å². The molecule has 3 aromatic rings. The van der Waals surface area contributed by atoms with Gasteiger partial charge in [0.25, 0.3) is 5.91 Å². The number of rotatable bonds is 9. The highest BCUT2D eigenvalue weighted by Gasteiger charge is 2.29. The Balaban J connectivity index is 1.70. The molecule has 1 aliphatic rings. The summed E-state index contributed by atoms with van der Waals surface area (Å²) < 4.78 is 5.11. The fourth-order valence-corrected chi connectivity index (χ4v) is 4.38. The number of carbonyl (C=O) groups is 2. The van der Waals surface area contributed by atoms with Crippen LogP contribution in [0.5, 0.6) is 0 Å². The van der Waals surface area contributed by atoms with E-state index >= 15 is 0 Å². The van der Waals surface area contributed by atoms with Crippen LogP contribution in [0.1, 0.15) is 54.7 Å². The predicted molar refractivity (Wildman–Crippen MR) is 146 cm³/mol. The molecule has 0 radical (unpaired) electrons. The van der Waals surface area contributed by atoms with E-state index < -0.39 is 5.97 Å². The molecule has 0 unspecified atom stereocenters. The van der Waals surface area contributed by atoms with Crippen molar-refractivity contribution in [3.8, 4) is 0 Å². The van der Waals surface area contributed by atoms with E-state index in [4.69, 9.17) is 4.74 Å². The van der Waals surface area contributed by atoms with Gasteiger partial charge in [0.2, 0.25) is 0 Å². The third kappa shape index (κ3) is 5.50. The Morgan fingerprint density at radius 2 is 1.69 bits per heavy atom. The molecule has 1 heterocycles. The van der Waals surface area contributed by atoms with Crippen LogP contribution in [0.4, 0.5) is 11.4 Å². The minimum atomic E-state index is -0.410. The highest BCUT2D eigenvalue weighted by atomic mass is 16.5. The van der Waals surface area contributed by atoms with Gasteiger partial charge in [0.05, 0.1) is 29.1 Å². The van der Waals surface area contributed by atoms with E-state index in [1.54, 1.807) is 25.1 Å². The van der Waals surface area contributed by atoms with Crippen molar-refractivity contribution in [1.29, 1.82) is 0 Å². The van der Waals surface area contributed by atoms with Crippen LogP contribution in [-0.4, -0.2) is 36.0 Å². The molecule has 1 aliphatic heterocycles. The first-order valence-electron chi connectivity index (χ1n) is 12.4. The molecule has 36 heavy (non-hydrogen) atoms. The summed E-state index contributed by atoms with van der Waals surface area (Å²) in [6.07, 6.45) is 0. The monoisotopic (exact) mass is 483 g/mol. The maximum Gasteiger partial charge on any atom is 0.338 e. The lowest BCUT2D eigenvalue weighted by Crippen LogP contribution is -2.29. The summed E-state index contributed by atoms with van der Waals surface area (Å²) in [4.78, 5) is 27.8. The Bertz CT molecular complexity index is 1260. The number of hydrogen-bond donors (Lipinski definition) is 2. The predicted octanol–water partition coefficient (Wildman–Crippen LogP) is 6.03. The first kappa shape index (κ1) is 25.2. The minimum absolute atomic E-state index is 0.218. The number of esters is 1. The topological polar surface area (TPSA) is 70.7 Å². The zero-order chi connectivity index (χ0) is 25.7. The molecule has 6 heteroatoms. The molecule has 0 spiro atoms. The molecule has 0 fully saturated rings. The fraction of sp³-hybridized carbons (Fsp3) is 0.267. The molecule has 4 rings (SSSR count). The molecular weight excluding hydrogens is 450 g/mol. The van der Waals surface area contributed by atoms with Crippen molar-refractivity contribution in [3.63, 3.8) is 0 Å². The number of anilines is 2. The molecule has 0 bridgehead atoms. The fourth-order valence-electron chi connectivity index (χ4n) is 4.38. The molecular formula is C30H33N3O3. The Labute approximate surface area is 213 Å². The summed E-state index contributed by atoms with van der Waals surface area (Å²) in [5.74, 6) is -0.628. The van der Waals surface area contributed by atoms with E-state index in [0.717, 1.165) is 29.9 Å². The van der Waals surface area contributed by atoms with Gasteiger partial charge in [-0.3, -0.25) is 9.69 Å². The first-order chi connectivity index (χ1) is 17.4. The number of fused-ring (bicyclic) bond motifs is 1. The van der Waals surface area contributed by atoms with Crippen LogP contribution >= 0.6 is 0 Å².